The summed E-state index contributed by atoms with van der Waals surface area (Å²) in [5.74, 6) is 2.09. The van der Waals surface area contributed by atoms with Crippen LogP contribution >= 0.6 is 0 Å². The number of benzene rings is 2. The molecule has 0 N–H and O–H groups in total. The van der Waals surface area contributed by atoms with Gasteiger partial charge in [0, 0.05) is 36.3 Å². The molecule has 1 fully saturated rings. The number of hydrogen-bond donors (Lipinski definition) is 0. The van der Waals surface area contributed by atoms with Crippen molar-refractivity contribution in [1.82, 2.24) is 4.90 Å². The molecule has 0 aliphatic carbocycles. The maximum Gasteiger partial charge on any atom is 0.276 e. The molecular formula is C28H38N2O4. The summed E-state index contributed by atoms with van der Waals surface area (Å²) in [5, 5.41) is 0. The number of rotatable bonds is 9. The zero-order valence-electron chi connectivity index (χ0n) is 21.4. The Labute approximate surface area is 203 Å². The van der Waals surface area contributed by atoms with Crippen LogP contribution < -0.4 is 14.2 Å². The number of nitrogens with zero attached hydrogens (tertiary/aromatic N) is 2. The van der Waals surface area contributed by atoms with Crippen LogP contribution in [-0.2, 0) is 0 Å². The molecule has 2 aromatic carbocycles. The van der Waals surface area contributed by atoms with E-state index in [9.17, 15) is 4.79 Å². The fraction of sp³-hybridized carbons (Fsp3) is 0.500. The summed E-state index contributed by atoms with van der Waals surface area (Å²) in [7, 11) is 3.14. The van der Waals surface area contributed by atoms with Crippen molar-refractivity contribution in [3.05, 3.63) is 52.6 Å². The minimum absolute atomic E-state index is 0.237. The highest BCUT2D eigenvalue weighted by Gasteiger charge is 2.25. The molecule has 6 heteroatoms. The average molecular weight is 467 g/mol. The van der Waals surface area contributed by atoms with Gasteiger partial charge in [-0.25, -0.2) is 4.99 Å². The van der Waals surface area contributed by atoms with Crippen LogP contribution in [0.25, 0.3) is 0 Å². The number of hydrogen-bond acceptors (Lipinski definition) is 5. The van der Waals surface area contributed by atoms with E-state index in [1.807, 2.05) is 6.21 Å². The second-order valence-corrected chi connectivity index (χ2v) is 9.01. The third-order valence-corrected chi connectivity index (χ3v) is 6.73. The Morgan fingerprint density at radius 2 is 1.85 bits per heavy atom. The van der Waals surface area contributed by atoms with Crippen LogP contribution in [0.3, 0.4) is 0 Å². The van der Waals surface area contributed by atoms with Crippen LogP contribution in [0, 0.1) is 19.8 Å². The molecule has 1 saturated heterocycles. The standard InChI is InChI=1S/C28H38N2O4/c1-7-13-34-27-11-10-26(19(2)20(27)3)21(4)30-12-8-9-22(18-30)17-29-28(31)23-14-24(32-5)16-25(15-23)33-6/h10-11,14-17,21-22H,7-9,12-13,18H2,1-6H3. The Kier molecular flexibility index (Phi) is 9.11. The van der Waals surface area contributed by atoms with Crippen molar-refractivity contribution in [2.75, 3.05) is 33.9 Å². The lowest BCUT2D eigenvalue weighted by molar-refractivity contribution is 0.100. The molecule has 184 valence electrons. The van der Waals surface area contributed by atoms with Crippen molar-refractivity contribution >= 4 is 12.1 Å². The number of amides is 1. The van der Waals surface area contributed by atoms with Crippen LogP contribution in [-0.4, -0.2) is 50.9 Å². The second kappa shape index (κ2) is 12.0. The molecule has 0 aromatic heterocycles. The third kappa shape index (κ3) is 6.17. The van der Waals surface area contributed by atoms with Gasteiger partial charge in [0.05, 0.1) is 20.8 Å². The Morgan fingerprint density at radius 3 is 2.50 bits per heavy atom. The van der Waals surface area contributed by atoms with Gasteiger partial charge in [-0.1, -0.05) is 13.0 Å². The van der Waals surface area contributed by atoms with E-state index in [1.165, 1.54) is 16.7 Å². The highest BCUT2D eigenvalue weighted by Crippen LogP contribution is 2.33. The zero-order valence-corrected chi connectivity index (χ0v) is 21.4. The van der Waals surface area contributed by atoms with Crippen LogP contribution in [0.1, 0.15) is 66.2 Å². The molecule has 6 nitrogen and oxygen atoms in total. The van der Waals surface area contributed by atoms with Gasteiger partial charge in [0.1, 0.15) is 17.2 Å². The topological polar surface area (TPSA) is 60.4 Å². The average Bonchev–Trinajstić information content (AvgIpc) is 2.87. The van der Waals surface area contributed by atoms with Crippen molar-refractivity contribution < 1.29 is 19.0 Å². The first-order valence-electron chi connectivity index (χ1n) is 12.2. The number of carbonyl (C=O) groups is 1. The quantitative estimate of drug-likeness (QED) is 0.438. The summed E-state index contributed by atoms with van der Waals surface area (Å²) in [5.41, 5.74) is 4.30. The van der Waals surface area contributed by atoms with E-state index in [4.69, 9.17) is 14.2 Å². The fourth-order valence-corrected chi connectivity index (χ4v) is 4.53. The van der Waals surface area contributed by atoms with E-state index in [-0.39, 0.29) is 17.9 Å². The lowest BCUT2D eigenvalue weighted by Crippen LogP contribution is -2.38. The first-order valence-corrected chi connectivity index (χ1v) is 12.2. The van der Waals surface area contributed by atoms with Crippen molar-refractivity contribution in [3.63, 3.8) is 0 Å². The van der Waals surface area contributed by atoms with E-state index < -0.39 is 0 Å². The molecule has 2 unspecified atom stereocenters. The molecule has 1 aliphatic heterocycles. The molecule has 2 atom stereocenters. The van der Waals surface area contributed by atoms with Crippen molar-refractivity contribution in [1.29, 1.82) is 0 Å². The Morgan fingerprint density at radius 1 is 1.15 bits per heavy atom. The molecule has 2 aromatic rings. The largest absolute Gasteiger partial charge is 0.497 e. The van der Waals surface area contributed by atoms with E-state index in [0.29, 0.717) is 17.1 Å². The lowest BCUT2D eigenvalue weighted by Gasteiger charge is -2.36. The molecule has 0 spiro atoms. The van der Waals surface area contributed by atoms with E-state index in [1.54, 1.807) is 32.4 Å². The van der Waals surface area contributed by atoms with Gasteiger partial charge in [-0.3, -0.25) is 9.69 Å². The number of methoxy groups -OCH3 is 2. The predicted octanol–water partition coefficient (Wildman–Crippen LogP) is 5.79. The van der Waals surface area contributed by atoms with Gasteiger partial charge in [-0.2, -0.15) is 0 Å². The van der Waals surface area contributed by atoms with E-state index in [0.717, 1.165) is 44.7 Å². The molecule has 0 bridgehead atoms. The van der Waals surface area contributed by atoms with Crippen molar-refractivity contribution in [2.45, 2.75) is 53.0 Å². The highest BCUT2D eigenvalue weighted by molar-refractivity contribution is 5.99. The summed E-state index contributed by atoms with van der Waals surface area (Å²) in [4.78, 5) is 19.5. The lowest BCUT2D eigenvalue weighted by atomic mass is 9.93. The van der Waals surface area contributed by atoms with Crippen molar-refractivity contribution in [2.24, 2.45) is 10.9 Å². The van der Waals surface area contributed by atoms with Gasteiger partial charge in [-0.05, 0) is 81.5 Å². The van der Waals surface area contributed by atoms with Gasteiger partial charge in [0.2, 0.25) is 0 Å². The monoisotopic (exact) mass is 466 g/mol. The van der Waals surface area contributed by atoms with Crippen LogP contribution in [0.15, 0.2) is 35.3 Å². The second-order valence-electron chi connectivity index (χ2n) is 9.01. The molecule has 0 radical (unpaired) electrons. The van der Waals surface area contributed by atoms with Gasteiger partial charge < -0.3 is 14.2 Å². The third-order valence-electron chi connectivity index (χ3n) is 6.73. The summed E-state index contributed by atoms with van der Waals surface area (Å²) in [6, 6.07) is 9.72. The molecule has 1 aliphatic rings. The van der Waals surface area contributed by atoms with E-state index in [2.05, 4.69) is 49.7 Å². The Balaban J connectivity index is 1.69. The number of aliphatic imine (C=N–C) groups is 1. The first-order chi connectivity index (χ1) is 16.4. The van der Waals surface area contributed by atoms with Crippen LogP contribution in [0.4, 0.5) is 0 Å². The van der Waals surface area contributed by atoms with Gasteiger partial charge >= 0.3 is 0 Å². The van der Waals surface area contributed by atoms with Crippen LogP contribution in [0.2, 0.25) is 0 Å². The fourth-order valence-electron chi connectivity index (χ4n) is 4.53. The first kappa shape index (κ1) is 25.8. The summed E-state index contributed by atoms with van der Waals surface area (Å²) >= 11 is 0. The maximum atomic E-state index is 12.7. The molecule has 34 heavy (non-hydrogen) atoms. The van der Waals surface area contributed by atoms with Gasteiger partial charge in [0.25, 0.3) is 5.91 Å². The minimum Gasteiger partial charge on any atom is -0.497 e. The summed E-state index contributed by atoms with van der Waals surface area (Å²) in [6.45, 7) is 11.4. The normalized spacial score (nSPS) is 17.5. The molecule has 1 heterocycles. The Hall–Kier alpha value is -2.86. The molecule has 3 rings (SSSR count). The van der Waals surface area contributed by atoms with Crippen LogP contribution in [0.5, 0.6) is 17.2 Å². The maximum absolute atomic E-state index is 12.7. The van der Waals surface area contributed by atoms with E-state index >= 15 is 0 Å². The number of carbonyl (C=O) groups excluding carboxylic acids is 1. The predicted molar refractivity (Wildman–Crippen MR) is 137 cm³/mol. The smallest absolute Gasteiger partial charge is 0.276 e. The number of likely N-dealkylation sites (tertiary alicyclic amines) is 1. The number of piperidine rings is 1. The highest BCUT2D eigenvalue weighted by atomic mass is 16.5. The Bertz CT molecular complexity index is 995. The minimum atomic E-state index is -0.281. The SMILES string of the molecule is CCCOc1ccc(C(C)N2CCCC(C=NC(=O)c3cc(OC)cc(OC)c3)C2)c(C)c1C. The van der Waals surface area contributed by atoms with Gasteiger partial charge in [0.15, 0.2) is 0 Å². The number of ether oxygens (including phenoxy) is 3. The molecule has 0 saturated carbocycles. The summed E-state index contributed by atoms with van der Waals surface area (Å²) in [6.07, 6.45) is 4.94. The summed E-state index contributed by atoms with van der Waals surface area (Å²) < 4.78 is 16.4. The molecular weight excluding hydrogens is 428 g/mol. The van der Waals surface area contributed by atoms with Crippen molar-refractivity contribution in [3.8, 4) is 17.2 Å². The zero-order chi connectivity index (χ0) is 24.7. The van der Waals surface area contributed by atoms with Gasteiger partial charge in [-0.15, -0.1) is 0 Å². The molecule has 1 amide bonds.